The number of amides is 4. The van der Waals surface area contributed by atoms with Gasteiger partial charge in [0.1, 0.15) is 6.04 Å². The van der Waals surface area contributed by atoms with Crippen molar-refractivity contribution in [3.63, 3.8) is 0 Å². The Balaban J connectivity index is 1.51. The fraction of sp³-hybridized carbons (Fsp3) is 0.500. The van der Waals surface area contributed by atoms with Gasteiger partial charge in [-0.25, -0.2) is 9.59 Å². The minimum Gasteiger partial charge on any atom is -0.452 e. The summed E-state index contributed by atoms with van der Waals surface area (Å²) in [4.78, 5) is 49.9. The molecule has 0 unspecified atom stereocenters. The van der Waals surface area contributed by atoms with Gasteiger partial charge in [-0.15, -0.1) is 0 Å². The summed E-state index contributed by atoms with van der Waals surface area (Å²) in [7, 11) is 0. The molecule has 2 aliphatic heterocycles. The minimum atomic E-state index is -0.716. The van der Waals surface area contributed by atoms with Crippen molar-refractivity contribution >= 4 is 35.2 Å². The molecule has 4 amide bonds. The second kappa shape index (κ2) is 8.93. The lowest BCUT2D eigenvalue weighted by molar-refractivity contribution is -0.123. The molecular weight excluding hydrogens is 376 g/mol. The number of hydrogen-bond acceptors (Lipinski definition) is 6. The van der Waals surface area contributed by atoms with E-state index in [4.69, 9.17) is 4.74 Å². The quantitative estimate of drug-likeness (QED) is 0.623. The highest BCUT2D eigenvalue weighted by Crippen LogP contribution is 2.37. The molecule has 1 aromatic rings. The fourth-order valence-electron chi connectivity index (χ4n) is 3.45. The molecule has 0 saturated carbocycles. The van der Waals surface area contributed by atoms with Crippen molar-refractivity contribution in [1.29, 1.82) is 0 Å². The molecule has 9 heteroatoms. The molecule has 1 atom stereocenters. The topological polar surface area (TPSA) is 117 Å². The van der Waals surface area contributed by atoms with E-state index >= 15 is 0 Å². The van der Waals surface area contributed by atoms with Crippen molar-refractivity contribution < 1.29 is 23.9 Å². The maximum absolute atomic E-state index is 12.2. The van der Waals surface area contributed by atoms with Crippen LogP contribution in [0.25, 0.3) is 0 Å². The Bertz CT molecular complexity index is 823. The summed E-state index contributed by atoms with van der Waals surface area (Å²) < 4.78 is 4.98. The summed E-state index contributed by atoms with van der Waals surface area (Å²) in [6, 6.07) is 4.14. The van der Waals surface area contributed by atoms with Gasteiger partial charge in [0.2, 0.25) is 5.91 Å². The zero-order chi connectivity index (χ0) is 21.0. The van der Waals surface area contributed by atoms with E-state index in [2.05, 4.69) is 16.0 Å². The molecule has 0 radical (unpaired) electrons. The Morgan fingerprint density at radius 1 is 1.31 bits per heavy atom. The summed E-state index contributed by atoms with van der Waals surface area (Å²) in [5.74, 6) is -1.07. The predicted molar refractivity (Wildman–Crippen MR) is 107 cm³/mol. The molecule has 2 heterocycles. The molecule has 0 aromatic heterocycles. The number of ether oxygens (including phenoxy) is 1. The zero-order valence-corrected chi connectivity index (χ0v) is 16.6. The Morgan fingerprint density at radius 3 is 2.86 bits per heavy atom. The highest BCUT2D eigenvalue weighted by Gasteiger charge is 2.36. The summed E-state index contributed by atoms with van der Waals surface area (Å²) in [5.41, 5.74) is 1.65. The summed E-state index contributed by atoms with van der Waals surface area (Å²) in [5, 5.41) is 7.50. The standard InChI is InChI=1S/C20H26N4O5/c1-12(2)7-8-21-20(28)23-17(25)11-29-19(27)13-5-6-15-14(10-13)22-18(26)16-4-3-9-24(15)16/h5-6,10,12,16H,3-4,7-9,11H2,1-2H3,(H,22,26)(H2,21,23,25,28)/t16-/m0/s1. The molecule has 1 fully saturated rings. The van der Waals surface area contributed by atoms with Gasteiger partial charge in [0.05, 0.1) is 16.9 Å². The lowest BCUT2D eigenvalue weighted by Gasteiger charge is -2.33. The largest absolute Gasteiger partial charge is 0.452 e. The highest BCUT2D eigenvalue weighted by atomic mass is 16.5. The number of carbonyl (C=O) groups excluding carboxylic acids is 4. The third-order valence-electron chi connectivity index (χ3n) is 4.95. The average Bonchev–Trinajstić information content (AvgIpc) is 3.16. The number of urea groups is 1. The molecule has 9 nitrogen and oxygen atoms in total. The van der Waals surface area contributed by atoms with Gasteiger partial charge in [0.15, 0.2) is 6.61 Å². The van der Waals surface area contributed by atoms with Gasteiger partial charge in [0.25, 0.3) is 5.91 Å². The van der Waals surface area contributed by atoms with Crippen LogP contribution in [0.3, 0.4) is 0 Å². The molecule has 1 aromatic carbocycles. The van der Waals surface area contributed by atoms with Gasteiger partial charge in [-0.1, -0.05) is 13.8 Å². The van der Waals surface area contributed by atoms with Crippen LogP contribution in [0.2, 0.25) is 0 Å². The first kappa shape index (κ1) is 20.6. The number of esters is 1. The van der Waals surface area contributed by atoms with Crippen LogP contribution >= 0.6 is 0 Å². The number of nitrogens with zero attached hydrogens (tertiary/aromatic N) is 1. The molecule has 0 spiro atoms. The van der Waals surface area contributed by atoms with Crippen molar-refractivity contribution in [2.45, 2.75) is 39.2 Å². The Kier molecular flexibility index (Phi) is 6.36. The summed E-state index contributed by atoms with van der Waals surface area (Å²) >= 11 is 0. The third kappa shape index (κ3) is 5.04. The van der Waals surface area contributed by atoms with E-state index in [9.17, 15) is 19.2 Å². The van der Waals surface area contributed by atoms with Crippen LogP contribution in [-0.2, 0) is 14.3 Å². The van der Waals surface area contributed by atoms with Gasteiger partial charge in [-0.05, 0) is 43.4 Å². The SMILES string of the molecule is CC(C)CCNC(=O)NC(=O)COC(=O)c1ccc2c(c1)NC(=O)[C@@H]1CCCN21. The van der Waals surface area contributed by atoms with E-state index in [1.54, 1.807) is 18.2 Å². The number of fused-ring (bicyclic) bond motifs is 3. The first-order valence-corrected chi connectivity index (χ1v) is 9.81. The minimum absolute atomic E-state index is 0.0802. The molecule has 3 N–H and O–H groups in total. The molecule has 29 heavy (non-hydrogen) atoms. The van der Waals surface area contributed by atoms with Crippen LogP contribution in [0.15, 0.2) is 18.2 Å². The smallest absolute Gasteiger partial charge is 0.338 e. The van der Waals surface area contributed by atoms with E-state index in [-0.39, 0.29) is 17.5 Å². The second-order valence-electron chi connectivity index (χ2n) is 7.64. The monoisotopic (exact) mass is 402 g/mol. The molecule has 1 saturated heterocycles. The molecule has 156 valence electrons. The number of nitrogens with one attached hydrogen (secondary N) is 3. The van der Waals surface area contributed by atoms with Crippen LogP contribution in [0.4, 0.5) is 16.2 Å². The van der Waals surface area contributed by atoms with Gasteiger partial charge in [0, 0.05) is 13.1 Å². The Morgan fingerprint density at radius 2 is 2.10 bits per heavy atom. The molecule has 0 bridgehead atoms. The van der Waals surface area contributed by atoms with Crippen LogP contribution in [-0.4, -0.2) is 49.6 Å². The maximum atomic E-state index is 12.2. The molecule has 3 rings (SSSR count). The zero-order valence-electron chi connectivity index (χ0n) is 16.6. The average molecular weight is 402 g/mol. The number of hydrogen-bond donors (Lipinski definition) is 3. The Labute approximate surface area is 169 Å². The van der Waals surface area contributed by atoms with Crippen LogP contribution in [0, 0.1) is 5.92 Å². The van der Waals surface area contributed by atoms with Crippen LogP contribution in [0.5, 0.6) is 0 Å². The number of rotatable bonds is 6. The summed E-state index contributed by atoms with van der Waals surface area (Å²) in [6.45, 7) is 4.73. The van der Waals surface area contributed by atoms with Crippen molar-refractivity contribution in [1.82, 2.24) is 10.6 Å². The van der Waals surface area contributed by atoms with E-state index in [1.807, 2.05) is 18.7 Å². The van der Waals surface area contributed by atoms with Crippen molar-refractivity contribution in [2.75, 3.05) is 29.9 Å². The van der Waals surface area contributed by atoms with Crippen molar-refractivity contribution in [3.05, 3.63) is 23.8 Å². The number of benzene rings is 1. The van der Waals surface area contributed by atoms with E-state index in [0.717, 1.165) is 31.5 Å². The van der Waals surface area contributed by atoms with Gasteiger partial charge in [-0.3, -0.25) is 14.9 Å². The maximum Gasteiger partial charge on any atom is 0.338 e. The van der Waals surface area contributed by atoms with Crippen molar-refractivity contribution in [3.8, 4) is 0 Å². The van der Waals surface area contributed by atoms with E-state index < -0.39 is 24.5 Å². The molecule has 0 aliphatic carbocycles. The predicted octanol–water partition coefficient (Wildman–Crippen LogP) is 1.64. The van der Waals surface area contributed by atoms with Crippen molar-refractivity contribution in [2.24, 2.45) is 5.92 Å². The number of carbonyl (C=O) groups is 4. The van der Waals surface area contributed by atoms with E-state index in [0.29, 0.717) is 18.2 Å². The molecular formula is C20H26N4O5. The molecule has 2 aliphatic rings. The fourth-order valence-corrected chi connectivity index (χ4v) is 3.45. The lowest BCUT2D eigenvalue weighted by atomic mass is 10.1. The van der Waals surface area contributed by atoms with Crippen LogP contribution < -0.4 is 20.9 Å². The third-order valence-corrected chi connectivity index (χ3v) is 4.95. The van der Waals surface area contributed by atoms with E-state index in [1.165, 1.54) is 0 Å². The van der Waals surface area contributed by atoms with Gasteiger partial charge >= 0.3 is 12.0 Å². The highest BCUT2D eigenvalue weighted by molar-refractivity contribution is 6.05. The summed E-state index contributed by atoms with van der Waals surface area (Å²) in [6.07, 6.45) is 2.56. The van der Waals surface area contributed by atoms with Crippen LogP contribution in [0.1, 0.15) is 43.5 Å². The number of anilines is 2. The second-order valence-corrected chi connectivity index (χ2v) is 7.64. The van der Waals surface area contributed by atoms with Gasteiger partial charge in [-0.2, -0.15) is 0 Å². The number of imide groups is 1. The first-order chi connectivity index (χ1) is 13.8. The lowest BCUT2D eigenvalue weighted by Crippen LogP contribution is -2.44. The first-order valence-electron chi connectivity index (χ1n) is 9.81. The van der Waals surface area contributed by atoms with Gasteiger partial charge < -0.3 is 20.3 Å². The normalized spacial score (nSPS) is 17.3. The Hall–Kier alpha value is -3.10.